The highest BCUT2D eigenvalue weighted by Gasteiger charge is 2.24. The summed E-state index contributed by atoms with van der Waals surface area (Å²) in [5.74, 6) is -1.46. The summed E-state index contributed by atoms with van der Waals surface area (Å²) in [6, 6.07) is 10.3. The molecule has 1 amide bonds. The van der Waals surface area contributed by atoms with E-state index < -0.39 is 16.0 Å². The van der Waals surface area contributed by atoms with E-state index in [0.717, 1.165) is 18.9 Å². The van der Waals surface area contributed by atoms with Crippen molar-refractivity contribution >= 4 is 27.6 Å². The first kappa shape index (κ1) is 17.9. The van der Waals surface area contributed by atoms with Crippen LogP contribution in [0.25, 0.3) is 0 Å². The molecule has 0 radical (unpaired) electrons. The maximum Gasteiger partial charge on any atom is 0.335 e. The maximum absolute atomic E-state index is 12.7. The van der Waals surface area contributed by atoms with Crippen LogP contribution in [0.1, 0.15) is 39.1 Å². The molecule has 0 atom stereocenters. The van der Waals surface area contributed by atoms with Gasteiger partial charge in [0.2, 0.25) is 0 Å². The van der Waals surface area contributed by atoms with Gasteiger partial charge in [-0.05, 0) is 55.7 Å². The number of amides is 1. The summed E-state index contributed by atoms with van der Waals surface area (Å²) in [5.41, 5.74) is 0.889. The summed E-state index contributed by atoms with van der Waals surface area (Å²) in [7, 11) is -4.00. The molecule has 2 aromatic carbocycles. The summed E-state index contributed by atoms with van der Waals surface area (Å²) in [4.78, 5) is 23.1. The summed E-state index contributed by atoms with van der Waals surface area (Å²) in [5, 5.41) is 11.9. The van der Waals surface area contributed by atoms with Crippen molar-refractivity contribution in [1.29, 1.82) is 0 Å². The van der Waals surface area contributed by atoms with E-state index in [-0.39, 0.29) is 28.1 Å². The predicted molar refractivity (Wildman–Crippen MR) is 95.9 cm³/mol. The van der Waals surface area contributed by atoms with Gasteiger partial charge in [0.05, 0.1) is 10.5 Å². The number of anilines is 1. The van der Waals surface area contributed by atoms with Crippen LogP contribution < -0.4 is 10.0 Å². The number of carboxylic acid groups (broad SMARTS) is 1. The SMILES string of the molecule is Cc1ccc(C(=O)O)cc1S(=O)(=O)Nc1cccc(C(=O)NC2CC2)c1. The second-order valence-electron chi connectivity index (χ2n) is 6.22. The van der Waals surface area contributed by atoms with Gasteiger partial charge in [0.15, 0.2) is 0 Å². The predicted octanol–water partition coefficient (Wildman–Crippen LogP) is 2.39. The number of sulfonamides is 1. The Bertz CT molecular complexity index is 981. The molecule has 26 heavy (non-hydrogen) atoms. The third-order valence-corrected chi connectivity index (χ3v) is 5.54. The van der Waals surface area contributed by atoms with Crippen LogP contribution in [0.5, 0.6) is 0 Å². The number of aryl methyl sites for hydroxylation is 1. The number of aromatic carboxylic acids is 1. The lowest BCUT2D eigenvalue weighted by atomic mass is 10.1. The molecule has 3 rings (SSSR count). The Kier molecular flexibility index (Phi) is 4.69. The second kappa shape index (κ2) is 6.80. The third-order valence-electron chi connectivity index (χ3n) is 4.01. The van der Waals surface area contributed by atoms with Crippen LogP contribution in [0, 0.1) is 6.92 Å². The molecule has 0 saturated heterocycles. The van der Waals surface area contributed by atoms with E-state index in [9.17, 15) is 18.0 Å². The number of benzene rings is 2. The molecular formula is C18H18N2O5S. The van der Waals surface area contributed by atoms with Crippen LogP contribution in [0.3, 0.4) is 0 Å². The number of carboxylic acids is 1. The lowest BCUT2D eigenvalue weighted by Crippen LogP contribution is -2.25. The third kappa shape index (κ3) is 4.02. The van der Waals surface area contributed by atoms with Gasteiger partial charge < -0.3 is 10.4 Å². The smallest absolute Gasteiger partial charge is 0.335 e. The molecular weight excluding hydrogens is 356 g/mol. The fourth-order valence-electron chi connectivity index (χ4n) is 2.45. The molecule has 0 bridgehead atoms. The quantitative estimate of drug-likeness (QED) is 0.719. The van der Waals surface area contributed by atoms with Gasteiger partial charge in [0.25, 0.3) is 15.9 Å². The summed E-state index contributed by atoms with van der Waals surface area (Å²) < 4.78 is 27.7. The second-order valence-corrected chi connectivity index (χ2v) is 7.87. The summed E-state index contributed by atoms with van der Waals surface area (Å²) in [6.45, 7) is 1.58. The molecule has 1 saturated carbocycles. The number of hydrogen-bond donors (Lipinski definition) is 3. The van der Waals surface area contributed by atoms with Gasteiger partial charge in [0.1, 0.15) is 0 Å². The number of carbonyl (C=O) groups excluding carboxylic acids is 1. The standard InChI is InChI=1S/C18H18N2O5S/c1-11-5-6-13(18(22)23)10-16(11)26(24,25)20-15-4-2-3-12(9-15)17(21)19-14-7-8-14/h2-6,9-10,14,20H,7-8H2,1H3,(H,19,21)(H,22,23). The van der Waals surface area contributed by atoms with Gasteiger partial charge in [-0.25, -0.2) is 13.2 Å². The topological polar surface area (TPSA) is 113 Å². The molecule has 0 spiro atoms. The van der Waals surface area contributed by atoms with Gasteiger partial charge in [-0.1, -0.05) is 12.1 Å². The molecule has 2 aromatic rings. The summed E-state index contributed by atoms with van der Waals surface area (Å²) in [6.07, 6.45) is 1.91. The van der Waals surface area contributed by atoms with E-state index >= 15 is 0 Å². The molecule has 1 fully saturated rings. The van der Waals surface area contributed by atoms with E-state index in [0.29, 0.717) is 11.1 Å². The molecule has 0 heterocycles. The molecule has 0 unspecified atom stereocenters. The Labute approximate surface area is 151 Å². The van der Waals surface area contributed by atoms with E-state index in [2.05, 4.69) is 10.0 Å². The lowest BCUT2D eigenvalue weighted by Gasteiger charge is -2.12. The van der Waals surface area contributed by atoms with Crippen molar-refractivity contribution in [3.8, 4) is 0 Å². The minimum atomic E-state index is -4.00. The first-order chi connectivity index (χ1) is 12.3. The number of hydrogen-bond acceptors (Lipinski definition) is 4. The molecule has 0 aromatic heterocycles. The van der Waals surface area contributed by atoms with Crippen LogP contribution in [0.4, 0.5) is 5.69 Å². The fourth-order valence-corrected chi connectivity index (χ4v) is 3.77. The highest BCUT2D eigenvalue weighted by atomic mass is 32.2. The van der Waals surface area contributed by atoms with Crippen molar-refractivity contribution in [1.82, 2.24) is 5.32 Å². The van der Waals surface area contributed by atoms with Gasteiger partial charge in [-0.2, -0.15) is 0 Å². The zero-order chi connectivity index (χ0) is 18.9. The van der Waals surface area contributed by atoms with E-state index in [4.69, 9.17) is 5.11 Å². The Hall–Kier alpha value is -2.87. The van der Waals surface area contributed by atoms with Crippen LogP contribution in [0.2, 0.25) is 0 Å². The fraction of sp³-hybridized carbons (Fsp3) is 0.222. The highest BCUT2D eigenvalue weighted by molar-refractivity contribution is 7.92. The number of nitrogens with one attached hydrogen (secondary N) is 2. The van der Waals surface area contributed by atoms with Crippen molar-refractivity contribution in [2.24, 2.45) is 0 Å². The van der Waals surface area contributed by atoms with Gasteiger partial charge in [0, 0.05) is 17.3 Å². The maximum atomic E-state index is 12.7. The number of carbonyl (C=O) groups is 2. The van der Waals surface area contributed by atoms with Crippen LogP contribution in [-0.4, -0.2) is 31.4 Å². The average Bonchev–Trinajstić information content (AvgIpc) is 3.38. The van der Waals surface area contributed by atoms with Crippen LogP contribution in [0.15, 0.2) is 47.4 Å². The van der Waals surface area contributed by atoms with E-state index in [1.807, 2.05) is 0 Å². The molecule has 8 heteroatoms. The van der Waals surface area contributed by atoms with Crippen LogP contribution >= 0.6 is 0 Å². The van der Waals surface area contributed by atoms with Crippen molar-refractivity contribution in [2.45, 2.75) is 30.7 Å². The molecule has 3 N–H and O–H groups in total. The van der Waals surface area contributed by atoms with Crippen molar-refractivity contribution < 1.29 is 23.1 Å². The zero-order valence-electron chi connectivity index (χ0n) is 14.0. The Balaban J connectivity index is 1.87. The average molecular weight is 374 g/mol. The Morgan fingerprint density at radius 3 is 2.46 bits per heavy atom. The number of rotatable bonds is 6. The first-order valence-electron chi connectivity index (χ1n) is 8.04. The van der Waals surface area contributed by atoms with Crippen LogP contribution in [-0.2, 0) is 10.0 Å². The monoisotopic (exact) mass is 374 g/mol. The first-order valence-corrected chi connectivity index (χ1v) is 9.52. The highest BCUT2D eigenvalue weighted by Crippen LogP contribution is 2.23. The van der Waals surface area contributed by atoms with Gasteiger partial charge >= 0.3 is 5.97 Å². The van der Waals surface area contributed by atoms with Gasteiger partial charge in [-0.3, -0.25) is 9.52 Å². The lowest BCUT2D eigenvalue weighted by molar-refractivity contribution is 0.0696. The largest absolute Gasteiger partial charge is 0.478 e. The minimum absolute atomic E-state index is 0.117. The molecule has 1 aliphatic rings. The molecule has 136 valence electrons. The minimum Gasteiger partial charge on any atom is -0.478 e. The van der Waals surface area contributed by atoms with Crippen molar-refractivity contribution in [2.75, 3.05) is 4.72 Å². The molecule has 0 aliphatic heterocycles. The van der Waals surface area contributed by atoms with E-state index in [1.54, 1.807) is 19.1 Å². The molecule has 7 nitrogen and oxygen atoms in total. The Morgan fingerprint density at radius 2 is 1.81 bits per heavy atom. The Morgan fingerprint density at radius 1 is 1.08 bits per heavy atom. The summed E-state index contributed by atoms with van der Waals surface area (Å²) >= 11 is 0. The zero-order valence-corrected chi connectivity index (χ0v) is 14.8. The normalized spacial score (nSPS) is 13.9. The van der Waals surface area contributed by atoms with Crippen molar-refractivity contribution in [3.63, 3.8) is 0 Å². The van der Waals surface area contributed by atoms with Gasteiger partial charge in [-0.15, -0.1) is 0 Å². The van der Waals surface area contributed by atoms with Crippen molar-refractivity contribution in [3.05, 3.63) is 59.2 Å². The van der Waals surface area contributed by atoms with E-state index in [1.165, 1.54) is 24.3 Å². The molecule has 1 aliphatic carbocycles.